The minimum atomic E-state index is -4.53. The van der Waals surface area contributed by atoms with Crippen molar-refractivity contribution in [1.82, 2.24) is 0 Å². The van der Waals surface area contributed by atoms with Gasteiger partial charge >= 0.3 is 12.4 Å². The van der Waals surface area contributed by atoms with E-state index in [1.54, 1.807) is 0 Å². The molecule has 0 N–H and O–H groups in total. The summed E-state index contributed by atoms with van der Waals surface area (Å²) < 4.78 is 79.3. The highest BCUT2D eigenvalue weighted by molar-refractivity contribution is 6.00. The van der Waals surface area contributed by atoms with Gasteiger partial charge in [0.25, 0.3) is 0 Å². The Morgan fingerprint density at radius 3 is 1.30 bits per heavy atom. The standard InChI is InChI=1S/C23H20F6O/c24-22(25,26)17-7-1-5-15(13-17)20(9-3-10-20)19(30)21(11-4-12-21)16-6-2-8-18(14-16)23(27,28)29/h1-2,5-8,13-14H,3-4,9-12H2. The van der Waals surface area contributed by atoms with E-state index in [1.165, 1.54) is 24.3 Å². The Kier molecular flexibility index (Phi) is 4.79. The maximum atomic E-state index is 13.8. The lowest BCUT2D eigenvalue weighted by atomic mass is 9.50. The minimum Gasteiger partial charge on any atom is -0.298 e. The lowest BCUT2D eigenvalue weighted by Crippen LogP contribution is -2.55. The third kappa shape index (κ3) is 3.22. The van der Waals surface area contributed by atoms with Gasteiger partial charge in [-0.15, -0.1) is 0 Å². The Morgan fingerprint density at radius 1 is 0.667 bits per heavy atom. The highest BCUT2D eigenvalue weighted by atomic mass is 19.4. The molecule has 0 saturated heterocycles. The first-order valence-electron chi connectivity index (χ1n) is 9.89. The van der Waals surface area contributed by atoms with E-state index >= 15 is 0 Å². The summed E-state index contributed by atoms with van der Waals surface area (Å²) in [5.74, 6) is -0.244. The Labute approximate surface area is 170 Å². The van der Waals surface area contributed by atoms with Gasteiger partial charge in [-0.1, -0.05) is 49.2 Å². The predicted molar refractivity (Wildman–Crippen MR) is 99.0 cm³/mol. The van der Waals surface area contributed by atoms with E-state index in [9.17, 15) is 31.1 Å². The van der Waals surface area contributed by atoms with Crippen molar-refractivity contribution in [3.8, 4) is 0 Å². The van der Waals surface area contributed by atoms with E-state index in [0.717, 1.165) is 24.3 Å². The van der Waals surface area contributed by atoms with E-state index in [0.29, 0.717) is 49.7 Å². The number of carbonyl (C=O) groups excluding carboxylic acids is 1. The molecule has 2 aromatic carbocycles. The zero-order valence-corrected chi connectivity index (χ0v) is 16.0. The number of hydrogen-bond donors (Lipinski definition) is 0. The van der Waals surface area contributed by atoms with Crippen LogP contribution in [0.25, 0.3) is 0 Å². The van der Waals surface area contributed by atoms with Crippen LogP contribution in [-0.2, 0) is 28.0 Å². The zero-order chi connectivity index (χ0) is 21.8. The number of rotatable bonds is 4. The molecular formula is C23H20F6O. The molecule has 4 rings (SSSR count). The molecule has 0 spiro atoms. The fourth-order valence-electron chi connectivity index (χ4n) is 4.80. The average Bonchev–Trinajstić information content (AvgIpc) is 2.59. The molecule has 2 fully saturated rings. The summed E-state index contributed by atoms with van der Waals surface area (Å²) in [4.78, 5) is 13.8. The van der Waals surface area contributed by atoms with Crippen LogP contribution in [0, 0.1) is 0 Å². The minimum absolute atomic E-state index is 0.244. The van der Waals surface area contributed by atoms with Gasteiger partial charge in [-0.05, 0) is 48.9 Å². The first-order valence-corrected chi connectivity index (χ1v) is 9.89. The maximum Gasteiger partial charge on any atom is 0.416 e. The Bertz CT molecular complexity index is 887. The molecule has 0 atom stereocenters. The highest BCUT2D eigenvalue weighted by Crippen LogP contribution is 2.55. The molecule has 0 aromatic heterocycles. The third-order valence-corrected chi connectivity index (χ3v) is 6.77. The van der Waals surface area contributed by atoms with E-state index in [-0.39, 0.29) is 5.78 Å². The summed E-state index contributed by atoms with van der Waals surface area (Å²) in [6.45, 7) is 0. The highest BCUT2D eigenvalue weighted by Gasteiger charge is 2.57. The van der Waals surface area contributed by atoms with Crippen LogP contribution in [0.5, 0.6) is 0 Å². The summed E-state index contributed by atoms with van der Waals surface area (Å²) in [5, 5.41) is 0. The van der Waals surface area contributed by atoms with Crippen molar-refractivity contribution in [3.63, 3.8) is 0 Å². The third-order valence-electron chi connectivity index (χ3n) is 6.77. The van der Waals surface area contributed by atoms with Gasteiger partial charge < -0.3 is 0 Å². The molecule has 0 amide bonds. The first kappa shape index (κ1) is 20.9. The van der Waals surface area contributed by atoms with Crippen LogP contribution in [0.4, 0.5) is 26.3 Å². The topological polar surface area (TPSA) is 17.1 Å². The van der Waals surface area contributed by atoms with Crippen LogP contribution in [0.15, 0.2) is 48.5 Å². The van der Waals surface area contributed by atoms with Crippen LogP contribution in [0.2, 0.25) is 0 Å². The normalized spacial score (nSPS) is 20.2. The molecule has 2 aliphatic carbocycles. The lowest BCUT2D eigenvalue weighted by Gasteiger charge is -2.51. The summed E-state index contributed by atoms with van der Waals surface area (Å²) in [6.07, 6.45) is -6.02. The van der Waals surface area contributed by atoms with Crippen LogP contribution < -0.4 is 0 Å². The Hall–Kier alpha value is -2.31. The van der Waals surface area contributed by atoms with E-state index in [4.69, 9.17) is 0 Å². The smallest absolute Gasteiger partial charge is 0.298 e. The number of Topliss-reactive ketones (excluding diaryl/α,β-unsaturated/α-hetero) is 1. The van der Waals surface area contributed by atoms with E-state index in [1.807, 2.05) is 0 Å². The summed E-state index contributed by atoms with van der Waals surface area (Å²) in [5.41, 5.74) is -3.16. The first-order chi connectivity index (χ1) is 14.0. The molecule has 7 heteroatoms. The fraction of sp³-hybridized carbons (Fsp3) is 0.435. The van der Waals surface area contributed by atoms with Gasteiger partial charge in [0, 0.05) is 0 Å². The van der Waals surface area contributed by atoms with Crippen molar-refractivity contribution < 1.29 is 31.1 Å². The number of alkyl halides is 6. The number of carbonyl (C=O) groups is 1. The molecule has 0 heterocycles. The summed E-state index contributed by atoms with van der Waals surface area (Å²) >= 11 is 0. The molecule has 30 heavy (non-hydrogen) atoms. The van der Waals surface area contributed by atoms with Crippen LogP contribution in [-0.4, -0.2) is 5.78 Å². The predicted octanol–water partition coefficient (Wildman–Crippen LogP) is 6.84. The SMILES string of the molecule is O=C(C1(c2cccc(C(F)(F)F)c2)CCC1)C1(c2cccc(C(F)(F)F)c2)CCC1. The number of ketones is 1. The van der Waals surface area contributed by atoms with Crippen molar-refractivity contribution in [2.45, 2.75) is 61.7 Å². The van der Waals surface area contributed by atoms with E-state index in [2.05, 4.69) is 0 Å². The second kappa shape index (κ2) is 6.86. The fourth-order valence-corrected chi connectivity index (χ4v) is 4.80. The second-order valence-corrected chi connectivity index (χ2v) is 8.36. The lowest BCUT2D eigenvalue weighted by molar-refractivity contribution is -0.140. The molecule has 2 saturated carbocycles. The van der Waals surface area contributed by atoms with Crippen molar-refractivity contribution >= 4 is 5.78 Å². The number of hydrogen-bond acceptors (Lipinski definition) is 1. The molecular weight excluding hydrogens is 406 g/mol. The van der Waals surface area contributed by atoms with Crippen molar-refractivity contribution in [1.29, 1.82) is 0 Å². The Balaban J connectivity index is 1.77. The molecule has 2 aromatic rings. The molecule has 0 bridgehead atoms. The van der Waals surface area contributed by atoms with E-state index < -0.39 is 34.3 Å². The van der Waals surface area contributed by atoms with Gasteiger partial charge in [-0.25, -0.2) is 0 Å². The molecule has 1 nitrogen and oxygen atoms in total. The van der Waals surface area contributed by atoms with Crippen molar-refractivity contribution in [2.24, 2.45) is 0 Å². The molecule has 0 aliphatic heterocycles. The largest absolute Gasteiger partial charge is 0.416 e. The van der Waals surface area contributed by atoms with Crippen LogP contribution >= 0.6 is 0 Å². The van der Waals surface area contributed by atoms with Gasteiger partial charge in [-0.3, -0.25) is 4.79 Å². The molecule has 160 valence electrons. The second-order valence-electron chi connectivity index (χ2n) is 8.36. The summed E-state index contributed by atoms with van der Waals surface area (Å²) in [7, 11) is 0. The molecule has 0 radical (unpaired) electrons. The van der Waals surface area contributed by atoms with Gasteiger partial charge in [0.1, 0.15) is 0 Å². The quantitative estimate of drug-likeness (QED) is 0.490. The van der Waals surface area contributed by atoms with Crippen LogP contribution in [0.1, 0.15) is 60.8 Å². The van der Waals surface area contributed by atoms with Gasteiger partial charge in [0.05, 0.1) is 22.0 Å². The molecule has 0 unspecified atom stereocenters. The molecule has 2 aliphatic rings. The van der Waals surface area contributed by atoms with Crippen LogP contribution in [0.3, 0.4) is 0 Å². The van der Waals surface area contributed by atoms with Gasteiger partial charge in [0.15, 0.2) is 5.78 Å². The Morgan fingerprint density at radius 2 is 1.03 bits per heavy atom. The van der Waals surface area contributed by atoms with Gasteiger partial charge in [0.2, 0.25) is 0 Å². The zero-order valence-electron chi connectivity index (χ0n) is 16.0. The van der Waals surface area contributed by atoms with Gasteiger partial charge in [-0.2, -0.15) is 26.3 Å². The monoisotopic (exact) mass is 426 g/mol. The summed E-state index contributed by atoms with van der Waals surface area (Å²) in [6, 6.07) is 9.63. The number of halogens is 6. The van der Waals surface area contributed by atoms with Crippen molar-refractivity contribution in [3.05, 3.63) is 70.8 Å². The average molecular weight is 426 g/mol. The number of benzene rings is 2. The maximum absolute atomic E-state index is 13.8. The van der Waals surface area contributed by atoms with Crippen molar-refractivity contribution in [2.75, 3.05) is 0 Å².